The molecule has 0 fully saturated rings. The Hall–Kier alpha value is -17.4. The Kier molecular flexibility index (Phi) is 21.3. The second kappa shape index (κ2) is 36.3. The van der Waals surface area contributed by atoms with Crippen molar-refractivity contribution in [3.05, 3.63) is 522 Å². The smallest absolute Gasteiger partial charge is 0.0434 e. The number of rotatable bonds is 8. The van der Waals surface area contributed by atoms with E-state index in [2.05, 4.69) is 485 Å². The zero-order valence-corrected chi connectivity index (χ0v) is 86.0. The summed E-state index contributed by atoms with van der Waals surface area (Å²) in [5.74, 6) is 0. The number of benzene rings is 27. The van der Waals surface area contributed by atoms with E-state index in [0.29, 0.717) is 0 Å². The van der Waals surface area contributed by atoms with Gasteiger partial charge in [-0.15, -0.1) is 68.0 Å². The molecule has 0 saturated heterocycles. The minimum atomic E-state index is 1.23. The lowest BCUT2D eigenvalue weighted by molar-refractivity contribution is 1.63. The van der Waals surface area contributed by atoms with E-state index < -0.39 is 0 Å². The minimum Gasteiger partial charge on any atom is -0.135 e. The molecule has 0 radical (unpaired) electrons. The van der Waals surface area contributed by atoms with Crippen LogP contribution in [0.1, 0.15) is 0 Å². The maximum Gasteiger partial charge on any atom is 0.0434 e. The summed E-state index contributed by atoms with van der Waals surface area (Å²) in [4.78, 5) is 0. The number of hydrogen-bond donors (Lipinski definition) is 0. The molecule has 0 N–H and O–H groups in total. The first-order valence-corrected chi connectivity index (χ1v) is 56.1. The van der Waals surface area contributed by atoms with Gasteiger partial charge in [0.05, 0.1) is 0 Å². The van der Waals surface area contributed by atoms with Crippen LogP contribution >= 0.6 is 68.0 Å². The van der Waals surface area contributed by atoms with Gasteiger partial charge in [-0.3, -0.25) is 0 Å². The highest BCUT2D eigenvalue weighted by Gasteiger charge is 2.24. The normalized spacial score (nSPS) is 11.9. The van der Waals surface area contributed by atoms with Crippen LogP contribution in [0.2, 0.25) is 0 Å². The van der Waals surface area contributed by atoms with Gasteiger partial charge in [-0.25, -0.2) is 0 Å². The van der Waals surface area contributed by atoms with Crippen molar-refractivity contribution in [3.63, 3.8) is 0 Å². The van der Waals surface area contributed by atoms with Gasteiger partial charge in [0.1, 0.15) is 0 Å². The van der Waals surface area contributed by atoms with Crippen molar-refractivity contribution in [2.45, 2.75) is 0 Å². The van der Waals surface area contributed by atoms with Gasteiger partial charge in [-0.2, -0.15) is 0 Å². The predicted molar refractivity (Wildman–Crippen MR) is 664 cm³/mol. The van der Waals surface area contributed by atoms with Crippen molar-refractivity contribution in [1.29, 1.82) is 0 Å². The summed E-state index contributed by atoms with van der Waals surface area (Å²) in [5, 5.41) is 39.6. The summed E-state index contributed by atoms with van der Waals surface area (Å²) >= 11 is 11.4. The van der Waals surface area contributed by atoms with Crippen molar-refractivity contribution in [1.82, 2.24) is 0 Å². The Morgan fingerprint density at radius 1 is 0.0933 bits per heavy atom. The Morgan fingerprint density at radius 2 is 0.333 bits per heavy atom. The molecule has 27 aromatic carbocycles. The highest BCUT2D eigenvalue weighted by molar-refractivity contribution is 7.28. The summed E-state index contributed by atoms with van der Waals surface area (Å²) in [5.41, 5.74) is 20.2. The van der Waals surface area contributed by atoms with Crippen LogP contribution in [0.25, 0.3) is 307 Å². The van der Waals surface area contributed by atoms with E-state index in [-0.39, 0.29) is 0 Å². The summed E-state index contributed by atoms with van der Waals surface area (Å²) in [7, 11) is 0. The molecular weight excluding hydrogens is 1920 g/mol. The van der Waals surface area contributed by atoms with Gasteiger partial charge in [0.2, 0.25) is 0 Å². The number of thiophene rings is 6. The zero-order chi connectivity index (χ0) is 98.5. The molecule has 0 aliphatic carbocycles. The number of fused-ring (bicyclic) bond motifs is 29. The Balaban J connectivity index is 0.000000101. The highest BCUT2D eigenvalue weighted by Crippen LogP contribution is 2.53. The molecule has 0 bridgehead atoms. The average molecular weight is 2010 g/mol. The van der Waals surface area contributed by atoms with Crippen LogP contribution in [0.3, 0.4) is 0 Å². The largest absolute Gasteiger partial charge is 0.135 e. The molecule has 0 saturated carbocycles. The first-order valence-electron chi connectivity index (χ1n) is 51.2. The van der Waals surface area contributed by atoms with Gasteiger partial charge >= 0.3 is 0 Å². The van der Waals surface area contributed by atoms with E-state index in [9.17, 15) is 0 Å². The topological polar surface area (TPSA) is 0 Å². The fraction of sp³-hybridized carbons (Fsp3) is 0. The minimum absolute atomic E-state index is 1.23. The van der Waals surface area contributed by atoms with Gasteiger partial charge in [0.25, 0.3) is 0 Å². The van der Waals surface area contributed by atoms with E-state index in [4.69, 9.17) is 0 Å². The average Bonchev–Trinajstić information content (AvgIpc) is 0.971. The monoisotopic (exact) mass is 2010 g/mol. The van der Waals surface area contributed by atoms with E-state index in [1.165, 1.54) is 307 Å². The quantitative estimate of drug-likeness (QED) is 0.133. The summed E-state index contributed by atoms with van der Waals surface area (Å²) in [6.07, 6.45) is 0. The molecule has 6 heteroatoms. The van der Waals surface area contributed by atoms with E-state index in [1.807, 2.05) is 104 Å². The first kappa shape index (κ1) is 87.9. The van der Waals surface area contributed by atoms with Gasteiger partial charge in [0.15, 0.2) is 0 Å². The van der Waals surface area contributed by atoms with Gasteiger partial charge in [-0.05, 0) is 296 Å². The van der Waals surface area contributed by atoms with Crippen molar-refractivity contribution in [2.24, 2.45) is 0 Å². The van der Waals surface area contributed by atoms with Crippen LogP contribution in [0.15, 0.2) is 522 Å². The Morgan fingerprint density at radius 3 is 0.747 bits per heavy atom. The third kappa shape index (κ3) is 15.0. The molecule has 33 rings (SSSR count). The van der Waals surface area contributed by atoms with Crippen molar-refractivity contribution in [3.8, 4) is 89.0 Å². The molecule has 150 heavy (non-hydrogen) atoms. The Bertz CT molecular complexity index is 11100. The van der Waals surface area contributed by atoms with Crippen LogP contribution in [0.5, 0.6) is 0 Å². The van der Waals surface area contributed by atoms with E-state index >= 15 is 0 Å². The maximum absolute atomic E-state index is 2.43. The molecule has 6 heterocycles. The molecular formula is C144H86S6. The molecule has 33 aromatic rings. The molecule has 698 valence electrons. The molecule has 0 aliphatic rings. The summed E-state index contributed by atoms with van der Waals surface area (Å²) < 4.78 is 16.2. The lowest BCUT2D eigenvalue weighted by Crippen LogP contribution is -1.90. The lowest BCUT2D eigenvalue weighted by Gasteiger charge is -2.18. The van der Waals surface area contributed by atoms with E-state index in [1.54, 1.807) is 0 Å². The molecule has 0 spiro atoms. The summed E-state index contributed by atoms with van der Waals surface area (Å²) in [6.45, 7) is 0. The standard InChI is InChI=1S/2C48H28S2.C42H24S2.C6H6/c1-2-10-30(11-3-1)46-35-13-4-6-15-37(35)47(38-16-7-5-14-36(38)46)31-20-18-29(19-21-31)32-23-25-44-41(26-32)42-27-33-22-24-39-34-12-8-9-17-43(34)50-48(39)40(33)28-45(42)49-44;1-2-10-30(11-3-1)47-36-13-4-6-15-38(36)48(39-16-7-5-14-37(39)47)31-20-18-29(19-21-31)32-22-23-44-41(24-32)42-26-33-25-40-35-12-8-9-17-43(35)49-45(40)27-34(33)28-46(42)50-44;1-3-9-31-28(7-1)21-29-8-2-4-10-32(29)41(31)26-15-13-25(14-16-26)27-17-19-38-35(22-27)36-23-30-18-20-39-42(34(30)24-40(36)44-38)33-11-5-6-12-37(33)43-39;1-2-4-6-5-3-1/h2*1-28H;1-24H;1-6H. The highest BCUT2D eigenvalue weighted by atomic mass is 32.1. The fourth-order valence-electron chi connectivity index (χ4n) is 23.8. The van der Waals surface area contributed by atoms with Gasteiger partial charge in [0, 0.05) is 126 Å². The van der Waals surface area contributed by atoms with Crippen LogP contribution in [0.4, 0.5) is 0 Å². The molecule has 0 unspecified atom stereocenters. The molecule has 0 atom stereocenters. The Labute approximate surface area is 888 Å². The second-order valence-corrected chi connectivity index (χ2v) is 45.8. The van der Waals surface area contributed by atoms with Crippen LogP contribution in [-0.4, -0.2) is 0 Å². The molecule has 0 amide bonds. The van der Waals surface area contributed by atoms with Crippen LogP contribution in [-0.2, 0) is 0 Å². The molecule has 0 nitrogen and oxygen atoms in total. The summed E-state index contributed by atoms with van der Waals surface area (Å²) in [6, 6.07) is 192. The predicted octanol–water partition coefficient (Wildman–Crippen LogP) is 44.7. The van der Waals surface area contributed by atoms with Crippen molar-refractivity contribution in [2.75, 3.05) is 0 Å². The molecule has 0 aliphatic heterocycles. The van der Waals surface area contributed by atoms with Gasteiger partial charge < -0.3 is 0 Å². The lowest BCUT2D eigenvalue weighted by atomic mass is 9.86. The third-order valence-electron chi connectivity index (χ3n) is 30.8. The van der Waals surface area contributed by atoms with E-state index in [0.717, 1.165) is 0 Å². The van der Waals surface area contributed by atoms with Crippen LogP contribution in [0, 0.1) is 0 Å². The maximum atomic E-state index is 2.43. The van der Waals surface area contributed by atoms with Gasteiger partial charge in [-0.1, -0.05) is 406 Å². The van der Waals surface area contributed by atoms with Crippen LogP contribution < -0.4 is 0 Å². The second-order valence-electron chi connectivity index (χ2n) is 39.3. The SMILES string of the molecule is c1ccc(-c2c3ccccc3c(-c3ccc(-c4ccc5sc6cc7c(ccc8c9ccccc9sc78)cc6c5c4)cc3)c3ccccc23)cc1.c1ccc(-c2c3ccccc3c(-c3ccc(-c4ccc5sc6cc7cc8sc9ccccc9c8cc7cc6c5c4)cc3)c3ccccc23)cc1.c1ccc2c(-c3ccc(-c4ccc5sc6cc7c(ccc8sc9ccccc9c87)cc6c5c4)cc3)c3ccccc3cc2c1.c1ccccc1. The zero-order valence-electron chi connectivity index (χ0n) is 81.1. The fourth-order valence-corrected chi connectivity index (χ4v) is 30.6. The van der Waals surface area contributed by atoms with Crippen molar-refractivity contribution >= 4 is 286 Å². The van der Waals surface area contributed by atoms with Crippen molar-refractivity contribution < 1.29 is 0 Å². The number of hydrogen-bond acceptors (Lipinski definition) is 6. The molecule has 6 aromatic heterocycles. The third-order valence-corrected chi connectivity index (χ3v) is 37.7. The first-order chi connectivity index (χ1) is 74.3.